The zero-order valence-electron chi connectivity index (χ0n) is 14.8. The summed E-state index contributed by atoms with van der Waals surface area (Å²) in [4.78, 5) is 39.4. The number of nitrogens with one attached hydrogen (secondary N) is 2. The Kier molecular flexibility index (Phi) is 5.41. The van der Waals surface area contributed by atoms with Crippen LogP contribution in [-0.2, 0) is 0 Å². The number of hydrogen-bond donors (Lipinski definition) is 3. The van der Waals surface area contributed by atoms with E-state index in [-0.39, 0.29) is 29.6 Å². The van der Waals surface area contributed by atoms with Crippen LogP contribution in [0.5, 0.6) is 0 Å². The first-order chi connectivity index (χ1) is 12.4. The molecule has 3 amide bonds. The topological polar surface area (TPSA) is 102 Å². The summed E-state index contributed by atoms with van der Waals surface area (Å²) in [5, 5.41) is 14.8. The largest absolute Gasteiger partial charge is 0.478 e. The van der Waals surface area contributed by atoms with Gasteiger partial charge in [-0.3, -0.25) is 4.79 Å². The standard InChI is InChI=1S/C18H24N4O4/c1-21-8-6-14(10-21)19-18(26)20-15-7-9-22(11-15)16(23)12-2-4-13(5-3-12)17(24)25/h2-5,14-15H,6-11H2,1H3,(H,24,25)(H2,19,20,26)/t14?,15-/m1/s1. The number of likely N-dealkylation sites (N-methyl/N-ethyl adjacent to an activating group) is 1. The third kappa shape index (κ3) is 4.32. The number of likely N-dealkylation sites (tertiary alicyclic amines) is 2. The molecule has 26 heavy (non-hydrogen) atoms. The average molecular weight is 360 g/mol. The van der Waals surface area contributed by atoms with Crippen molar-refractivity contribution in [3.05, 3.63) is 35.4 Å². The Labute approximate surface area is 152 Å². The van der Waals surface area contributed by atoms with Crippen molar-refractivity contribution in [1.29, 1.82) is 0 Å². The fourth-order valence-corrected chi connectivity index (χ4v) is 3.47. The lowest BCUT2D eigenvalue weighted by Gasteiger charge is -2.19. The number of carbonyl (C=O) groups is 3. The van der Waals surface area contributed by atoms with E-state index in [1.807, 2.05) is 7.05 Å². The van der Waals surface area contributed by atoms with Crippen molar-refractivity contribution in [2.24, 2.45) is 0 Å². The van der Waals surface area contributed by atoms with Crippen molar-refractivity contribution >= 4 is 17.9 Å². The van der Waals surface area contributed by atoms with Gasteiger partial charge in [0.25, 0.3) is 5.91 Å². The van der Waals surface area contributed by atoms with Gasteiger partial charge in [-0.1, -0.05) is 0 Å². The summed E-state index contributed by atoms with van der Waals surface area (Å²) in [7, 11) is 2.03. The van der Waals surface area contributed by atoms with Gasteiger partial charge in [0.15, 0.2) is 0 Å². The van der Waals surface area contributed by atoms with E-state index in [0.29, 0.717) is 25.1 Å². The molecule has 2 saturated heterocycles. The number of hydrogen-bond acceptors (Lipinski definition) is 4. The smallest absolute Gasteiger partial charge is 0.335 e. The first kappa shape index (κ1) is 18.2. The average Bonchev–Trinajstić information content (AvgIpc) is 3.23. The van der Waals surface area contributed by atoms with E-state index in [4.69, 9.17) is 5.11 Å². The number of carboxylic acids is 1. The van der Waals surface area contributed by atoms with Crippen LogP contribution in [0, 0.1) is 0 Å². The van der Waals surface area contributed by atoms with Crippen molar-refractivity contribution in [2.45, 2.75) is 24.9 Å². The summed E-state index contributed by atoms with van der Waals surface area (Å²) in [6.07, 6.45) is 1.66. The lowest BCUT2D eigenvalue weighted by Crippen LogP contribution is -2.48. The summed E-state index contributed by atoms with van der Waals surface area (Å²) in [6.45, 7) is 2.86. The second-order valence-corrected chi connectivity index (χ2v) is 6.98. The molecule has 1 aromatic rings. The van der Waals surface area contributed by atoms with Gasteiger partial charge in [-0.15, -0.1) is 0 Å². The molecule has 2 aliphatic rings. The first-order valence-corrected chi connectivity index (χ1v) is 8.80. The molecule has 0 radical (unpaired) electrons. The summed E-state index contributed by atoms with van der Waals surface area (Å²) in [5.74, 6) is -1.17. The van der Waals surface area contributed by atoms with E-state index >= 15 is 0 Å². The van der Waals surface area contributed by atoms with Crippen LogP contribution in [-0.4, -0.2) is 78.1 Å². The van der Waals surface area contributed by atoms with Gasteiger partial charge in [0.2, 0.25) is 0 Å². The van der Waals surface area contributed by atoms with E-state index in [1.54, 1.807) is 4.90 Å². The van der Waals surface area contributed by atoms with Gasteiger partial charge in [0.1, 0.15) is 0 Å². The van der Waals surface area contributed by atoms with Gasteiger partial charge in [-0.25, -0.2) is 9.59 Å². The van der Waals surface area contributed by atoms with Crippen LogP contribution in [0.3, 0.4) is 0 Å². The second-order valence-electron chi connectivity index (χ2n) is 6.98. The quantitative estimate of drug-likeness (QED) is 0.730. The van der Waals surface area contributed by atoms with E-state index in [0.717, 1.165) is 19.5 Å². The lowest BCUT2D eigenvalue weighted by atomic mass is 10.1. The van der Waals surface area contributed by atoms with Crippen molar-refractivity contribution in [1.82, 2.24) is 20.4 Å². The fourth-order valence-electron chi connectivity index (χ4n) is 3.47. The van der Waals surface area contributed by atoms with E-state index in [1.165, 1.54) is 24.3 Å². The zero-order chi connectivity index (χ0) is 18.7. The van der Waals surface area contributed by atoms with Crippen LogP contribution in [0.2, 0.25) is 0 Å². The van der Waals surface area contributed by atoms with Gasteiger partial charge in [0.05, 0.1) is 5.56 Å². The highest BCUT2D eigenvalue weighted by Gasteiger charge is 2.29. The van der Waals surface area contributed by atoms with Crippen LogP contribution in [0.15, 0.2) is 24.3 Å². The number of carbonyl (C=O) groups excluding carboxylic acids is 2. The lowest BCUT2D eigenvalue weighted by molar-refractivity contribution is 0.0695. The molecule has 1 unspecified atom stereocenters. The Morgan fingerprint density at radius 3 is 2.12 bits per heavy atom. The summed E-state index contributed by atoms with van der Waals surface area (Å²) < 4.78 is 0. The third-order valence-corrected chi connectivity index (χ3v) is 4.92. The van der Waals surface area contributed by atoms with Crippen LogP contribution in [0.4, 0.5) is 4.79 Å². The predicted octanol–water partition coefficient (Wildman–Crippen LogP) is 0.603. The fraction of sp³-hybridized carbons (Fsp3) is 0.500. The minimum Gasteiger partial charge on any atom is -0.478 e. The van der Waals surface area contributed by atoms with Crippen molar-refractivity contribution in [3.63, 3.8) is 0 Å². The molecule has 8 nitrogen and oxygen atoms in total. The zero-order valence-corrected chi connectivity index (χ0v) is 14.8. The SMILES string of the molecule is CN1CCC(NC(=O)N[C@@H]2CCN(C(=O)c3ccc(C(=O)O)cc3)C2)C1. The molecule has 0 bridgehead atoms. The predicted molar refractivity (Wildman–Crippen MR) is 95.3 cm³/mol. The number of rotatable bonds is 4. The summed E-state index contributed by atoms with van der Waals surface area (Å²) in [6, 6.07) is 5.81. The van der Waals surface area contributed by atoms with Crippen LogP contribution >= 0.6 is 0 Å². The van der Waals surface area contributed by atoms with Gasteiger partial charge in [-0.05, 0) is 50.7 Å². The van der Waals surface area contributed by atoms with Gasteiger partial charge in [0, 0.05) is 37.3 Å². The molecule has 2 fully saturated rings. The van der Waals surface area contributed by atoms with Crippen molar-refractivity contribution < 1.29 is 19.5 Å². The van der Waals surface area contributed by atoms with Gasteiger partial charge < -0.3 is 25.5 Å². The molecule has 1 aromatic carbocycles. The highest BCUT2D eigenvalue weighted by molar-refractivity contribution is 5.96. The summed E-state index contributed by atoms with van der Waals surface area (Å²) >= 11 is 0. The number of urea groups is 1. The normalized spacial score (nSPS) is 23.0. The molecular weight excluding hydrogens is 336 g/mol. The number of aromatic carboxylic acids is 1. The van der Waals surface area contributed by atoms with Gasteiger partial charge in [-0.2, -0.15) is 0 Å². The Hall–Kier alpha value is -2.61. The van der Waals surface area contributed by atoms with Crippen molar-refractivity contribution in [3.8, 4) is 0 Å². The van der Waals surface area contributed by atoms with Crippen LogP contribution in [0.25, 0.3) is 0 Å². The first-order valence-electron chi connectivity index (χ1n) is 8.80. The minimum absolute atomic E-state index is 0.0728. The number of nitrogens with zero attached hydrogens (tertiary/aromatic N) is 2. The molecule has 140 valence electrons. The third-order valence-electron chi connectivity index (χ3n) is 4.92. The van der Waals surface area contributed by atoms with Crippen LogP contribution < -0.4 is 10.6 Å². The molecule has 3 rings (SSSR count). The molecule has 0 aromatic heterocycles. The maximum absolute atomic E-state index is 12.5. The molecular formula is C18H24N4O4. The van der Waals surface area contributed by atoms with E-state index in [2.05, 4.69) is 15.5 Å². The monoisotopic (exact) mass is 360 g/mol. The van der Waals surface area contributed by atoms with Crippen LogP contribution in [0.1, 0.15) is 33.6 Å². The molecule has 2 atom stereocenters. The number of amides is 3. The molecule has 0 aliphatic carbocycles. The highest BCUT2D eigenvalue weighted by atomic mass is 16.4. The second kappa shape index (κ2) is 7.74. The number of carboxylic acid groups (broad SMARTS) is 1. The Balaban J connectivity index is 1.49. The highest BCUT2D eigenvalue weighted by Crippen LogP contribution is 2.15. The molecule has 3 N–H and O–H groups in total. The molecule has 0 saturated carbocycles. The summed E-state index contributed by atoms with van der Waals surface area (Å²) in [5.41, 5.74) is 0.603. The minimum atomic E-state index is -1.02. The van der Waals surface area contributed by atoms with E-state index < -0.39 is 5.97 Å². The Bertz CT molecular complexity index is 691. The molecule has 0 spiro atoms. The van der Waals surface area contributed by atoms with Gasteiger partial charge >= 0.3 is 12.0 Å². The maximum Gasteiger partial charge on any atom is 0.335 e. The van der Waals surface area contributed by atoms with Crippen molar-refractivity contribution in [2.75, 3.05) is 33.2 Å². The molecule has 2 aliphatic heterocycles. The molecule has 2 heterocycles. The maximum atomic E-state index is 12.5. The van der Waals surface area contributed by atoms with E-state index in [9.17, 15) is 14.4 Å². The Morgan fingerprint density at radius 2 is 1.54 bits per heavy atom. The number of benzene rings is 1. The Morgan fingerprint density at radius 1 is 0.962 bits per heavy atom. The molecule has 8 heteroatoms.